The maximum atomic E-state index is 12.3. The van der Waals surface area contributed by atoms with Gasteiger partial charge in [-0.2, -0.15) is 13.2 Å². The number of aryl methyl sites for hydroxylation is 1. The minimum Gasteiger partial charge on any atom is -0.370 e. The van der Waals surface area contributed by atoms with Crippen LogP contribution in [0, 0.1) is 5.92 Å². The summed E-state index contributed by atoms with van der Waals surface area (Å²) in [5.74, 6) is -0.472. The second-order valence-electron chi connectivity index (χ2n) is 9.19. The Labute approximate surface area is 180 Å². The van der Waals surface area contributed by atoms with Crippen molar-refractivity contribution in [2.45, 2.75) is 82.7 Å². The summed E-state index contributed by atoms with van der Waals surface area (Å²) in [4.78, 5) is 16.9. The molecule has 1 aromatic rings. The average molecular weight is 445 g/mol. The molecule has 1 saturated heterocycles. The highest BCUT2D eigenvalue weighted by molar-refractivity contribution is 7.12. The fraction of sp³-hybridized carbons (Fsp3) is 0.773. The number of hydrogen-bond acceptors (Lipinski definition) is 4. The van der Waals surface area contributed by atoms with Gasteiger partial charge >= 0.3 is 6.18 Å². The molecule has 1 amide bonds. The Hall–Kier alpha value is -1.12. The Morgan fingerprint density at radius 3 is 2.83 bits per heavy atom. The molecule has 3 heterocycles. The van der Waals surface area contributed by atoms with Gasteiger partial charge in [0.15, 0.2) is 0 Å². The molecule has 4 rings (SSSR count). The van der Waals surface area contributed by atoms with E-state index in [1.165, 1.54) is 15.3 Å². The molecular weight excluding hydrogens is 413 g/mol. The zero-order valence-corrected chi connectivity index (χ0v) is 18.5. The molecule has 2 fully saturated rings. The number of fused-ring (bicyclic) bond motifs is 2. The van der Waals surface area contributed by atoms with Crippen molar-refractivity contribution < 1.29 is 22.7 Å². The quantitative estimate of drug-likeness (QED) is 0.732. The Balaban J connectivity index is 1.28. The minimum atomic E-state index is -4.44. The van der Waals surface area contributed by atoms with Gasteiger partial charge in [0, 0.05) is 41.3 Å². The fourth-order valence-corrected chi connectivity index (χ4v) is 6.52. The number of nitrogens with one attached hydrogen (secondary N) is 1. The summed E-state index contributed by atoms with van der Waals surface area (Å²) in [6.45, 7) is 7.17. The highest BCUT2D eigenvalue weighted by atomic mass is 32.1. The van der Waals surface area contributed by atoms with Crippen molar-refractivity contribution >= 4 is 17.2 Å². The van der Waals surface area contributed by atoms with Crippen molar-refractivity contribution in [1.82, 2.24) is 10.2 Å². The van der Waals surface area contributed by atoms with E-state index in [1.807, 2.05) is 11.3 Å². The molecule has 1 saturated carbocycles. The number of nitrogens with zero attached hydrogens (tertiary/aromatic N) is 1. The van der Waals surface area contributed by atoms with E-state index < -0.39 is 18.5 Å². The standard InChI is InChI=1S/C22H31F3N2O2S/c1-3-17-10-18-19(30-17)4-7-29-21(18)5-6-27(14(2)11-21)13-15-8-16(9-15)26-20(28)12-22(23,24)25/h10,14-16H,3-9,11-13H2,1-2H3,(H,26,28)/t14-,15?,16?,21+/m0/s1. The van der Waals surface area contributed by atoms with E-state index in [1.54, 1.807) is 0 Å². The molecule has 1 aliphatic carbocycles. The van der Waals surface area contributed by atoms with Crippen LogP contribution in [0.1, 0.15) is 61.3 Å². The lowest BCUT2D eigenvalue weighted by Gasteiger charge is -2.49. The van der Waals surface area contributed by atoms with Crippen LogP contribution in [0.15, 0.2) is 6.07 Å². The topological polar surface area (TPSA) is 41.6 Å². The number of alkyl halides is 3. The zero-order chi connectivity index (χ0) is 21.5. The van der Waals surface area contributed by atoms with Crippen molar-refractivity contribution in [3.63, 3.8) is 0 Å². The molecule has 0 unspecified atom stereocenters. The van der Waals surface area contributed by atoms with E-state index in [-0.39, 0.29) is 11.6 Å². The van der Waals surface area contributed by atoms with Crippen molar-refractivity contribution in [3.8, 4) is 0 Å². The molecule has 30 heavy (non-hydrogen) atoms. The third-order valence-electron chi connectivity index (χ3n) is 6.91. The molecule has 8 heteroatoms. The first-order chi connectivity index (χ1) is 14.2. The summed E-state index contributed by atoms with van der Waals surface area (Å²) in [6, 6.07) is 2.65. The summed E-state index contributed by atoms with van der Waals surface area (Å²) in [6.07, 6.45) is -0.230. The summed E-state index contributed by atoms with van der Waals surface area (Å²) in [5.41, 5.74) is 1.26. The Kier molecular flexibility index (Phi) is 6.21. The van der Waals surface area contributed by atoms with E-state index in [0.717, 1.165) is 58.2 Å². The lowest BCUT2D eigenvalue weighted by Crippen LogP contribution is -2.54. The van der Waals surface area contributed by atoms with Gasteiger partial charge in [-0.3, -0.25) is 4.79 Å². The smallest absolute Gasteiger partial charge is 0.370 e. The van der Waals surface area contributed by atoms with Crippen molar-refractivity contribution in [2.24, 2.45) is 5.92 Å². The molecule has 4 nitrogen and oxygen atoms in total. The van der Waals surface area contributed by atoms with Crippen LogP contribution in [0.4, 0.5) is 13.2 Å². The molecule has 3 aliphatic rings. The highest BCUT2D eigenvalue weighted by Gasteiger charge is 2.45. The summed E-state index contributed by atoms with van der Waals surface area (Å²) < 4.78 is 43.3. The summed E-state index contributed by atoms with van der Waals surface area (Å²) in [5, 5.41) is 2.52. The van der Waals surface area contributed by atoms with Gasteiger partial charge in [-0.1, -0.05) is 6.92 Å². The van der Waals surface area contributed by atoms with E-state index in [4.69, 9.17) is 4.74 Å². The van der Waals surface area contributed by atoms with Crippen LogP contribution in [-0.4, -0.2) is 48.8 Å². The van der Waals surface area contributed by atoms with E-state index >= 15 is 0 Å². The first kappa shape index (κ1) is 22.1. The molecule has 2 atom stereocenters. The van der Waals surface area contributed by atoms with Crippen molar-refractivity contribution in [1.29, 1.82) is 0 Å². The van der Waals surface area contributed by atoms with Crippen LogP contribution in [-0.2, 0) is 28.0 Å². The number of carbonyl (C=O) groups excluding carboxylic acids is 1. The molecule has 1 aromatic heterocycles. The molecule has 2 aliphatic heterocycles. The van der Waals surface area contributed by atoms with Gasteiger partial charge in [-0.05, 0) is 56.6 Å². The van der Waals surface area contributed by atoms with Crippen LogP contribution >= 0.6 is 11.3 Å². The second kappa shape index (κ2) is 8.43. The number of thiophene rings is 1. The largest absolute Gasteiger partial charge is 0.397 e. The zero-order valence-electron chi connectivity index (χ0n) is 17.7. The molecule has 1 N–H and O–H groups in total. The predicted octanol–water partition coefficient (Wildman–Crippen LogP) is 4.41. The number of amides is 1. The van der Waals surface area contributed by atoms with Gasteiger partial charge in [0.1, 0.15) is 6.42 Å². The maximum Gasteiger partial charge on any atom is 0.397 e. The van der Waals surface area contributed by atoms with Crippen molar-refractivity contribution in [3.05, 3.63) is 21.4 Å². The maximum absolute atomic E-state index is 12.3. The Morgan fingerprint density at radius 2 is 2.17 bits per heavy atom. The average Bonchev–Trinajstić information content (AvgIpc) is 3.05. The number of carbonyl (C=O) groups is 1. The highest BCUT2D eigenvalue weighted by Crippen LogP contribution is 2.46. The number of hydrogen-bond donors (Lipinski definition) is 1. The number of halogens is 3. The Bertz CT molecular complexity index is 775. The van der Waals surface area contributed by atoms with Gasteiger partial charge in [-0.15, -0.1) is 11.3 Å². The van der Waals surface area contributed by atoms with Gasteiger partial charge < -0.3 is 15.0 Å². The minimum absolute atomic E-state index is 0.112. The fourth-order valence-electron chi connectivity index (χ4n) is 5.34. The van der Waals surface area contributed by atoms with Crippen LogP contribution in [0.3, 0.4) is 0 Å². The number of rotatable bonds is 5. The second-order valence-corrected chi connectivity index (χ2v) is 10.4. The number of ether oxygens (including phenoxy) is 1. The molecule has 0 aromatic carbocycles. The van der Waals surface area contributed by atoms with E-state index in [2.05, 4.69) is 30.1 Å². The SMILES string of the molecule is CCc1cc2c(s1)CCO[C@@]21CCN(CC2CC(NC(=O)CC(F)(F)F)C2)[C@@H](C)C1. The first-order valence-corrected chi connectivity index (χ1v) is 11.9. The van der Waals surface area contributed by atoms with Gasteiger partial charge in [0.2, 0.25) is 5.91 Å². The third kappa shape index (κ3) is 4.70. The van der Waals surface area contributed by atoms with Gasteiger partial charge in [0.25, 0.3) is 0 Å². The summed E-state index contributed by atoms with van der Waals surface area (Å²) >= 11 is 1.94. The Morgan fingerprint density at radius 1 is 1.40 bits per heavy atom. The van der Waals surface area contributed by atoms with Crippen LogP contribution in [0.2, 0.25) is 0 Å². The monoisotopic (exact) mass is 444 g/mol. The lowest BCUT2D eigenvalue weighted by molar-refractivity contribution is -0.155. The third-order valence-corrected chi connectivity index (χ3v) is 8.25. The van der Waals surface area contributed by atoms with Gasteiger partial charge in [-0.25, -0.2) is 0 Å². The predicted molar refractivity (Wildman–Crippen MR) is 111 cm³/mol. The van der Waals surface area contributed by atoms with Crippen LogP contribution in [0.5, 0.6) is 0 Å². The molecular formula is C22H31F3N2O2S. The number of likely N-dealkylation sites (tertiary alicyclic amines) is 1. The van der Waals surface area contributed by atoms with E-state index in [9.17, 15) is 18.0 Å². The van der Waals surface area contributed by atoms with Crippen LogP contribution in [0.25, 0.3) is 0 Å². The molecule has 1 spiro atoms. The number of piperidine rings is 1. The van der Waals surface area contributed by atoms with Crippen LogP contribution < -0.4 is 5.32 Å². The van der Waals surface area contributed by atoms with Gasteiger partial charge in [0.05, 0.1) is 12.2 Å². The molecule has 168 valence electrons. The van der Waals surface area contributed by atoms with Crippen molar-refractivity contribution in [2.75, 3.05) is 19.7 Å². The summed E-state index contributed by atoms with van der Waals surface area (Å²) in [7, 11) is 0. The molecule has 0 radical (unpaired) electrons. The molecule has 0 bridgehead atoms. The lowest BCUT2D eigenvalue weighted by atomic mass is 9.76. The first-order valence-electron chi connectivity index (χ1n) is 11.0. The normalized spacial score (nSPS) is 32.0. The van der Waals surface area contributed by atoms with E-state index in [0.29, 0.717) is 12.0 Å².